The first kappa shape index (κ1) is 12.1. The number of carbonyl (C=O) groups is 1. The summed E-state index contributed by atoms with van der Waals surface area (Å²) in [6, 6.07) is 19.6. The van der Waals surface area contributed by atoms with Crippen molar-refractivity contribution in [1.82, 2.24) is 0 Å². The van der Waals surface area contributed by atoms with Gasteiger partial charge in [-0.3, -0.25) is 4.79 Å². The zero-order valence-electron chi connectivity index (χ0n) is 9.99. The van der Waals surface area contributed by atoms with Crippen LogP contribution in [0.4, 0.5) is 0 Å². The van der Waals surface area contributed by atoms with E-state index < -0.39 is 0 Å². The van der Waals surface area contributed by atoms with Crippen LogP contribution in [0.25, 0.3) is 12.2 Å². The van der Waals surface area contributed by atoms with Crippen molar-refractivity contribution in [1.29, 1.82) is 0 Å². The summed E-state index contributed by atoms with van der Waals surface area (Å²) in [4.78, 5) is 11.6. The van der Waals surface area contributed by atoms with Gasteiger partial charge in [-0.15, -0.1) is 0 Å². The second-order valence-corrected chi connectivity index (χ2v) is 3.89. The first-order chi connectivity index (χ1) is 8.84. The SMILES string of the molecule is O=C(C=Cc1ccccc1)/C=C/c1ccccc1. The molecule has 0 radical (unpaired) electrons. The van der Waals surface area contributed by atoms with E-state index in [1.165, 1.54) is 0 Å². The van der Waals surface area contributed by atoms with Crippen LogP contribution in [-0.4, -0.2) is 5.78 Å². The molecule has 18 heavy (non-hydrogen) atoms. The molecule has 0 saturated heterocycles. The highest BCUT2D eigenvalue weighted by molar-refractivity contribution is 6.04. The van der Waals surface area contributed by atoms with Crippen molar-refractivity contribution in [2.24, 2.45) is 0 Å². The molecule has 0 unspecified atom stereocenters. The average Bonchev–Trinajstić information content (AvgIpc) is 2.45. The minimum Gasteiger partial charge on any atom is -0.290 e. The topological polar surface area (TPSA) is 17.1 Å². The monoisotopic (exact) mass is 234 g/mol. The Morgan fingerprint density at radius 2 is 1.06 bits per heavy atom. The summed E-state index contributed by atoms with van der Waals surface area (Å²) in [5, 5.41) is 0. The van der Waals surface area contributed by atoms with Gasteiger partial charge in [0, 0.05) is 0 Å². The molecular weight excluding hydrogens is 220 g/mol. The van der Waals surface area contributed by atoms with E-state index in [0.29, 0.717) is 0 Å². The molecular formula is C17H14O. The molecule has 0 spiro atoms. The maximum absolute atomic E-state index is 11.6. The van der Waals surface area contributed by atoms with Crippen LogP contribution in [0.1, 0.15) is 11.1 Å². The van der Waals surface area contributed by atoms with Crippen molar-refractivity contribution in [2.75, 3.05) is 0 Å². The molecule has 0 aliphatic heterocycles. The molecule has 2 aromatic carbocycles. The lowest BCUT2D eigenvalue weighted by atomic mass is 10.1. The van der Waals surface area contributed by atoms with Gasteiger partial charge in [-0.1, -0.05) is 72.8 Å². The number of benzene rings is 2. The van der Waals surface area contributed by atoms with Gasteiger partial charge in [0.1, 0.15) is 0 Å². The molecule has 1 nitrogen and oxygen atoms in total. The fourth-order valence-electron chi connectivity index (χ4n) is 1.54. The van der Waals surface area contributed by atoms with Gasteiger partial charge in [-0.2, -0.15) is 0 Å². The molecule has 2 aromatic rings. The standard InChI is InChI=1S/C17H14O/c18-17(13-11-15-7-3-1-4-8-15)14-12-16-9-5-2-6-10-16/h1-14H/b13-11+,14-12?. The van der Waals surface area contributed by atoms with Crippen LogP contribution in [0.2, 0.25) is 0 Å². The first-order valence-electron chi connectivity index (χ1n) is 5.85. The third kappa shape index (κ3) is 3.87. The molecule has 0 bridgehead atoms. The van der Waals surface area contributed by atoms with Gasteiger partial charge in [0.25, 0.3) is 0 Å². The quantitative estimate of drug-likeness (QED) is 0.731. The molecule has 0 saturated carbocycles. The van der Waals surface area contributed by atoms with Crippen LogP contribution in [0.5, 0.6) is 0 Å². The Bertz CT molecular complexity index is 499. The molecule has 1 heteroatoms. The summed E-state index contributed by atoms with van der Waals surface area (Å²) in [6.07, 6.45) is 6.79. The lowest BCUT2D eigenvalue weighted by molar-refractivity contribution is -0.110. The van der Waals surface area contributed by atoms with Crippen molar-refractivity contribution in [3.63, 3.8) is 0 Å². The van der Waals surface area contributed by atoms with Crippen LogP contribution in [0, 0.1) is 0 Å². The lowest BCUT2D eigenvalue weighted by Crippen LogP contribution is -1.84. The van der Waals surface area contributed by atoms with Gasteiger partial charge in [-0.25, -0.2) is 0 Å². The minimum absolute atomic E-state index is 0.0114. The smallest absolute Gasteiger partial charge is 0.178 e. The Morgan fingerprint density at radius 3 is 1.44 bits per heavy atom. The van der Waals surface area contributed by atoms with Crippen molar-refractivity contribution < 1.29 is 4.79 Å². The fraction of sp³-hybridized carbons (Fsp3) is 0. The van der Waals surface area contributed by atoms with Crippen LogP contribution >= 0.6 is 0 Å². The van der Waals surface area contributed by atoms with Gasteiger partial charge in [-0.05, 0) is 23.3 Å². The van der Waals surface area contributed by atoms with Crippen LogP contribution in [0.3, 0.4) is 0 Å². The number of allylic oxidation sites excluding steroid dienone is 2. The molecule has 0 fully saturated rings. The third-order valence-electron chi connectivity index (χ3n) is 2.48. The molecule has 88 valence electrons. The summed E-state index contributed by atoms with van der Waals surface area (Å²) >= 11 is 0. The molecule has 0 heterocycles. The summed E-state index contributed by atoms with van der Waals surface area (Å²) in [5.41, 5.74) is 2.05. The zero-order valence-corrected chi connectivity index (χ0v) is 9.99. The maximum atomic E-state index is 11.6. The lowest BCUT2D eigenvalue weighted by Gasteiger charge is -1.91. The molecule has 2 rings (SSSR count). The first-order valence-corrected chi connectivity index (χ1v) is 5.85. The summed E-state index contributed by atoms with van der Waals surface area (Å²) in [7, 11) is 0. The molecule has 0 aliphatic rings. The predicted octanol–water partition coefficient (Wildman–Crippen LogP) is 3.98. The Hall–Kier alpha value is -2.41. The molecule has 0 aliphatic carbocycles. The number of hydrogen-bond donors (Lipinski definition) is 0. The number of carbonyl (C=O) groups excluding carboxylic acids is 1. The molecule has 0 amide bonds. The average molecular weight is 234 g/mol. The maximum Gasteiger partial charge on any atom is 0.178 e. The molecule has 0 atom stereocenters. The number of ketones is 1. The highest BCUT2D eigenvalue weighted by Gasteiger charge is 1.90. The van der Waals surface area contributed by atoms with Gasteiger partial charge in [0.2, 0.25) is 0 Å². The van der Waals surface area contributed by atoms with Crippen LogP contribution in [0.15, 0.2) is 72.8 Å². The van der Waals surface area contributed by atoms with Crippen LogP contribution in [-0.2, 0) is 4.79 Å². The van der Waals surface area contributed by atoms with E-state index in [1.54, 1.807) is 12.2 Å². The highest BCUT2D eigenvalue weighted by Crippen LogP contribution is 2.03. The van der Waals surface area contributed by atoms with E-state index in [1.807, 2.05) is 72.8 Å². The summed E-state index contributed by atoms with van der Waals surface area (Å²) in [5.74, 6) is -0.0114. The van der Waals surface area contributed by atoms with Gasteiger partial charge >= 0.3 is 0 Å². The van der Waals surface area contributed by atoms with Gasteiger partial charge in [0.05, 0.1) is 0 Å². The van der Waals surface area contributed by atoms with Crippen LogP contribution < -0.4 is 0 Å². The predicted molar refractivity (Wildman–Crippen MR) is 76.0 cm³/mol. The molecule has 0 N–H and O–H groups in total. The van der Waals surface area contributed by atoms with E-state index in [2.05, 4.69) is 0 Å². The highest BCUT2D eigenvalue weighted by atomic mass is 16.1. The van der Waals surface area contributed by atoms with Crippen molar-refractivity contribution in [3.8, 4) is 0 Å². The second-order valence-electron chi connectivity index (χ2n) is 3.89. The third-order valence-corrected chi connectivity index (χ3v) is 2.48. The number of rotatable bonds is 4. The molecule has 0 aromatic heterocycles. The Kier molecular flexibility index (Phi) is 4.26. The normalized spacial score (nSPS) is 11.1. The Balaban J connectivity index is 1.97. The Labute approximate surface area is 107 Å². The van der Waals surface area contributed by atoms with Crippen molar-refractivity contribution >= 4 is 17.9 Å². The van der Waals surface area contributed by atoms with E-state index in [9.17, 15) is 4.79 Å². The van der Waals surface area contributed by atoms with Gasteiger partial charge < -0.3 is 0 Å². The van der Waals surface area contributed by atoms with Crippen molar-refractivity contribution in [3.05, 3.63) is 83.9 Å². The zero-order chi connectivity index (χ0) is 12.6. The fourth-order valence-corrected chi connectivity index (χ4v) is 1.54. The van der Waals surface area contributed by atoms with Crippen molar-refractivity contribution in [2.45, 2.75) is 0 Å². The summed E-state index contributed by atoms with van der Waals surface area (Å²) < 4.78 is 0. The summed E-state index contributed by atoms with van der Waals surface area (Å²) in [6.45, 7) is 0. The van der Waals surface area contributed by atoms with E-state index in [-0.39, 0.29) is 5.78 Å². The van der Waals surface area contributed by atoms with Gasteiger partial charge in [0.15, 0.2) is 5.78 Å². The minimum atomic E-state index is -0.0114. The second kappa shape index (κ2) is 6.36. The largest absolute Gasteiger partial charge is 0.290 e. The van der Waals surface area contributed by atoms with E-state index in [4.69, 9.17) is 0 Å². The van der Waals surface area contributed by atoms with E-state index in [0.717, 1.165) is 11.1 Å². The Morgan fingerprint density at radius 1 is 0.667 bits per heavy atom. The number of hydrogen-bond acceptors (Lipinski definition) is 1. The van der Waals surface area contributed by atoms with E-state index >= 15 is 0 Å².